The number of ether oxygens (including phenoxy) is 1. The lowest BCUT2D eigenvalue weighted by Crippen LogP contribution is -2.06. The van der Waals surface area contributed by atoms with Crippen LogP contribution in [0.25, 0.3) is 33.1 Å². The fourth-order valence-electron chi connectivity index (χ4n) is 4.57. The second-order valence-electron chi connectivity index (χ2n) is 8.74. The zero-order valence-corrected chi connectivity index (χ0v) is 19.3. The molecule has 0 spiro atoms. The Balaban J connectivity index is 1.58. The summed E-state index contributed by atoms with van der Waals surface area (Å²) in [7, 11) is 1.68. The molecular weight excluding hydrogens is 418 g/mol. The summed E-state index contributed by atoms with van der Waals surface area (Å²) < 4.78 is 13.3. The Bertz CT molecular complexity index is 1520. The largest absolute Gasteiger partial charge is 0.496 e. The predicted molar refractivity (Wildman–Crippen MR) is 126 cm³/mol. The molecule has 0 atom stereocenters. The van der Waals surface area contributed by atoms with Gasteiger partial charge in [0.1, 0.15) is 34.6 Å². The topological polar surface area (TPSA) is 107 Å². The fraction of sp³-hybridized carbons (Fsp3) is 0.333. The quantitative estimate of drug-likeness (QED) is 0.380. The monoisotopic (exact) mass is 443 g/mol. The highest BCUT2D eigenvalue weighted by Crippen LogP contribution is 2.42. The predicted octanol–water partition coefficient (Wildman–Crippen LogP) is 5.28. The molecule has 4 heterocycles. The number of hydrogen-bond acceptors (Lipinski definition) is 7. The summed E-state index contributed by atoms with van der Waals surface area (Å²) in [5.74, 6) is 3.91. The second kappa shape index (κ2) is 7.06. The number of hydrogen-bond donors (Lipinski definition) is 2. The molecule has 1 aromatic carbocycles. The lowest BCUT2D eigenvalue weighted by Gasteiger charge is -2.12. The van der Waals surface area contributed by atoms with E-state index in [1.165, 1.54) is 0 Å². The van der Waals surface area contributed by atoms with Crippen molar-refractivity contribution in [3.8, 4) is 16.9 Å². The van der Waals surface area contributed by atoms with Gasteiger partial charge in [0.25, 0.3) is 0 Å². The number of anilines is 2. The summed E-state index contributed by atoms with van der Waals surface area (Å²) in [5, 5.41) is 14.2. The molecule has 0 radical (unpaired) electrons. The number of aryl methyl sites for hydroxylation is 4. The van der Waals surface area contributed by atoms with E-state index >= 15 is 0 Å². The first-order chi connectivity index (χ1) is 15.9. The number of fused-ring (bicyclic) bond motifs is 3. The number of aromatic nitrogens is 6. The molecule has 9 nitrogen and oxygen atoms in total. The minimum Gasteiger partial charge on any atom is -0.496 e. The van der Waals surface area contributed by atoms with Gasteiger partial charge >= 0.3 is 0 Å². The van der Waals surface area contributed by atoms with Crippen molar-refractivity contribution in [2.75, 3.05) is 12.4 Å². The highest BCUT2D eigenvalue weighted by Gasteiger charge is 2.28. The highest BCUT2D eigenvalue weighted by atomic mass is 16.5. The van der Waals surface area contributed by atoms with Gasteiger partial charge in [-0.05, 0) is 52.7 Å². The lowest BCUT2D eigenvalue weighted by molar-refractivity contribution is 0.393. The molecule has 0 amide bonds. The van der Waals surface area contributed by atoms with Gasteiger partial charge in [0.05, 0.1) is 36.0 Å². The van der Waals surface area contributed by atoms with Gasteiger partial charge in [-0.3, -0.25) is 0 Å². The molecule has 0 unspecified atom stereocenters. The number of nitrogens with one attached hydrogen (secondary N) is 2. The van der Waals surface area contributed by atoms with Gasteiger partial charge < -0.3 is 19.6 Å². The lowest BCUT2D eigenvalue weighted by atomic mass is 10.0. The molecule has 2 N–H and O–H groups in total. The van der Waals surface area contributed by atoms with Crippen molar-refractivity contribution in [1.82, 2.24) is 29.9 Å². The molecule has 168 valence electrons. The zero-order valence-electron chi connectivity index (χ0n) is 19.3. The number of methoxy groups -OCH3 is 1. The van der Waals surface area contributed by atoms with E-state index in [-0.39, 0.29) is 0 Å². The third-order valence-electron chi connectivity index (χ3n) is 6.29. The van der Waals surface area contributed by atoms with Crippen LogP contribution in [0.5, 0.6) is 5.75 Å². The number of aromatic amines is 1. The Labute approximate surface area is 190 Å². The summed E-state index contributed by atoms with van der Waals surface area (Å²) in [4.78, 5) is 12.9. The normalized spacial score (nSPS) is 13.8. The molecule has 6 rings (SSSR count). The molecule has 33 heavy (non-hydrogen) atoms. The van der Waals surface area contributed by atoms with Crippen LogP contribution in [0.15, 0.2) is 22.9 Å². The smallest absolute Gasteiger partial charge is 0.145 e. The van der Waals surface area contributed by atoms with Gasteiger partial charge in [-0.15, -0.1) is 0 Å². The number of rotatable bonds is 5. The Morgan fingerprint density at radius 2 is 1.97 bits per heavy atom. The Morgan fingerprint density at radius 3 is 2.67 bits per heavy atom. The van der Waals surface area contributed by atoms with Crippen LogP contribution in [0.1, 0.15) is 41.7 Å². The molecule has 4 aromatic heterocycles. The van der Waals surface area contributed by atoms with E-state index in [0.717, 1.165) is 80.3 Å². The maximum atomic E-state index is 5.79. The van der Waals surface area contributed by atoms with Gasteiger partial charge in [0.15, 0.2) is 0 Å². The van der Waals surface area contributed by atoms with E-state index in [1.807, 2.05) is 33.0 Å². The Hall–Kier alpha value is -3.88. The SMILES string of the molecule is COc1cc2c(cc1-c1c(C)noc1C)[nH]c1nc(C)nc(Nc3c(C)cnn3C3CC3)c12. The number of H-pyrrole nitrogens is 1. The average molecular weight is 444 g/mol. The van der Waals surface area contributed by atoms with Gasteiger partial charge in [0.2, 0.25) is 0 Å². The zero-order chi connectivity index (χ0) is 22.9. The van der Waals surface area contributed by atoms with E-state index in [0.29, 0.717) is 11.9 Å². The molecule has 0 aliphatic heterocycles. The van der Waals surface area contributed by atoms with Gasteiger partial charge in [-0.25, -0.2) is 14.6 Å². The van der Waals surface area contributed by atoms with Crippen molar-refractivity contribution in [1.29, 1.82) is 0 Å². The third-order valence-corrected chi connectivity index (χ3v) is 6.29. The molecule has 0 bridgehead atoms. The molecule has 9 heteroatoms. The molecule has 1 aliphatic carbocycles. The molecule has 0 saturated heterocycles. The van der Waals surface area contributed by atoms with E-state index in [2.05, 4.69) is 43.2 Å². The minimum absolute atomic E-state index is 0.459. The molecule has 5 aromatic rings. The van der Waals surface area contributed by atoms with Crippen molar-refractivity contribution >= 4 is 33.6 Å². The molecule has 1 fully saturated rings. The van der Waals surface area contributed by atoms with Crippen molar-refractivity contribution in [2.24, 2.45) is 0 Å². The standard InChI is InChI=1S/C24H25N7O2/c1-11-10-25-31(15-6-7-15)24(11)29-23-21-16-9-19(32-5)17(20-12(2)30-33-13(20)3)8-18(16)28-22(21)26-14(4)27-23/h8-10,15H,6-7H2,1-5H3,(H2,26,27,28,29). The van der Waals surface area contributed by atoms with Crippen LogP contribution in [0.4, 0.5) is 11.6 Å². The second-order valence-corrected chi connectivity index (χ2v) is 8.74. The molecular formula is C24H25N7O2. The van der Waals surface area contributed by atoms with Crippen molar-refractivity contribution in [3.63, 3.8) is 0 Å². The highest BCUT2D eigenvalue weighted by molar-refractivity contribution is 6.13. The van der Waals surface area contributed by atoms with Crippen LogP contribution in [-0.2, 0) is 0 Å². The van der Waals surface area contributed by atoms with E-state index in [9.17, 15) is 0 Å². The van der Waals surface area contributed by atoms with E-state index in [1.54, 1.807) is 7.11 Å². The number of benzene rings is 1. The first-order valence-corrected chi connectivity index (χ1v) is 11.1. The minimum atomic E-state index is 0.459. The van der Waals surface area contributed by atoms with Crippen LogP contribution in [0.2, 0.25) is 0 Å². The maximum absolute atomic E-state index is 5.79. The Morgan fingerprint density at radius 1 is 1.15 bits per heavy atom. The summed E-state index contributed by atoms with van der Waals surface area (Å²) in [6.45, 7) is 7.81. The van der Waals surface area contributed by atoms with Gasteiger partial charge in [-0.1, -0.05) is 5.16 Å². The fourth-order valence-corrected chi connectivity index (χ4v) is 4.57. The maximum Gasteiger partial charge on any atom is 0.145 e. The molecule has 1 saturated carbocycles. The third kappa shape index (κ3) is 3.06. The Kier molecular flexibility index (Phi) is 4.23. The number of nitrogens with zero attached hydrogens (tertiary/aromatic N) is 5. The summed E-state index contributed by atoms with van der Waals surface area (Å²) in [6, 6.07) is 4.56. The van der Waals surface area contributed by atoms with E-state index < -0.39 is 0 Å². The van der Waals surface area contributed by atoms with Crippen molar-refractivity contribution in [3.05, 3.63) is 41.2 Å². The first-order valence-electron chi connectivity index (χ1n) is 11.1. The van der Waals surface area contributed by atoms with Crippen LogP contribution in [-0.4, -0.2) is 37.0 Å². The van der Waals surface area contributed by atoms with Crippen LogP contribution in [0.3, 0.4) is 0 Å². The van der Waals surface area contributed by atoms with E-state index in [4.69, 9.17) is 14.2 Å². The van der Waals surface area contributed by atoms with Gasteiger partial charge in [-0.2, -0.15) is 5.10 Å². The van der Waals surface area contributed by atoms with Gasteiger partial charge in [0, 0.05) is 22.0 Å². The molecule has 1 aliphatic rings. The van der Waals surface area contributed by atoms with Crippen molar-refractivity contribution in [2.45, 2.75) is 46.6 Å². The van der Waals surface area contributed by atoms with Crippen molar-refractivity contribution < 1.29 is 9.26 Å². The summed E-state index contributed by atoms with van der Waals surface area (Å²) in [5.41, 5.74) is 5.49. The van der Waals surface area contributed by atoms with Crippen LogP contribution >= 0.6 is 0 Å². The summed E-state index contributed by atoms with van der Waals surface area (Å²) >= 11 is 0. The van der Waals surface area contributed by atoms with Crippen LogP contribution in [0, 0.1) is 27.7 Å². The first kappa shape index (κ1) is 19.8. The average Bonchev–Trinajstić information content (AvgIpc) is 3.36. The summed E-state index contributed by atoms with van der Waals surface area (Å²) in [6.07, 6.45) is 4.21. The van der Waals surface area contributed by atoms with Crippen LogP contribution < -0.4 is 10.1 Å².